The van der Waals surface area contributed by atoms with Crippen LogP contribution in [0.15, 0.2) is 109 Å². The van der Waals surface area contributed by atoms with Crippen LogP contribution in [0, 0.1) is 11.6 Å². The molecule has 1 unspecified atom stereocenters. The minimum atomic E-state index is -0.999. The number of carbonyl (C=O) groups excluding carboxylic acids is 1. The number of hydrogen-bond donors (Lipinski definition) is 0. The van der Waals surface area contributed by atoms with E-state index in [1.54, 1.807) is 4.90 Å². The second-order valence-electron chi connectivity index (χ2n) is 13.9. The fourth-order valence-electron chi connectivity index (χ4n) is 6.34. The molecule has 6 nitrogen and oxygen atoms in total. The maximum Gasteiger partial charge on any atom is 0.412 e. The molecular weight excluding hydrogens is 610 g/mol. The molecule has 8 heteroatoms. The third-order valence-corrected chi connectivity index (χ3v) is 8.45. The van der Waals surface area contributed by atoms with Gasteiger partial charge in [-0.25, -0.2) is 13.6 Å². The highest BCUT2D eigenvalue weighted by Crippen LogP contribution is 2.35. The van der Waals surface area contributed by atoms with Crippen molar-refractivity contribution in [3.05, 3.63) is 143 Å². The highest BCUT2D eigenvalue weighted by Gasteiger charge is 2.51. The first kappa shape index (κ1) is 35.2. The third-order valence-electron chi connectivity index (χ3n) is 8.45. The van der Waals surface area contributed by atoms with Gasteiger partial charge in [0.2, 0.25) is 0 Å². The van der Waals surface area contributed by atoms with Gasteiger partial charge in [0.05, 0.1) is 25.4 Å². The minimum absolute atomic E-state index is 0.185. The van der Waals surface area contributed by atoms with Gasteiger partial charge in [0.1, 0.15) is 23.0 Å². The van der Waals surface area contributed by atoms with Crippen LogP contribution >= 0.6 is 0 Å². The fraction of sp³-hybridized carbons (Fsp3) is 0.375. The summed E-state index contributed by atoms with van der Waals surface area (Å²) in [5.41, 5.74) is 1.83. The summed E-state index contributed by atoms with van der Waals surface area (Å²) in [5.74, 6) is -1.30. The molecule has 3 atom stereocenters. The number of rotatable bonds is 12. The van der Waals surface area contributed by atoms with Gasteiger partial charge in [-0.3, -0.25) is 9.80 Å². The van der Waals surface area contributed by atoms with Gasteiger partial charge < -0.3 is 14.2 Å². The Morgan fingerprint density at radius 1 is 0.833 bits per heavy atom. The van der Waals surface area contributed by atoms with E-state index in [0.29, 0.717) is 18.7 Å². The quantitative estimate of drug-likeness (QED) is 0.153. The van der Waals surface area contributed by atoms with Crippen molar-refractivity contribution in [2.75, 3.05) is 6.61 Å². The topological polar surface area (TPSA) is 51.2 Å². The van der Waals surface area contributed by atoms with Gasteiger partial charge in [-0.05, 0) is 75.4 Å². The highest BCUT2D eigenvalue weighted by molar-refractivity contribution is 5.70. The Hall–Kier alpha value is -4.11. The van der Waals surface area contributed by atoms with Crippen molar-refractivity contribution in [3.8, 4) is 0 Å². The van der Waals surface area contributed by atoms with Crippen LogP contribution in [0.4, 0.5) is 13.6 Å². The molecule has 0 N–H and O–H groups in total. The molecule has 48 heavy (non-hydrogen) atoms. The normalized spacial score (nSPS) is 17.3. The standard InChI is InChI=1S/C40H46F2N2O4/c1-39(2,3)48-38(45)44-36(28-47-40(44,4)5)37(46-27-31-19-13-8-14-20-31)35(23-32-21-33(41)24-34(42)22-32)43(25-29-15-9-6-10-16-29)26-30-17-11-7-12-18-30/h6-22,24,35-37H,23,25-28H2,1-5H3/t35-,36?,37+/m0/s1. The molecule has 1 saturated heterocycles. The maximum absolute atomic E-state index is 14.7. The molecule has 0 bridgehead atoms. The molecule has 1 aliphatic heterocycles. The lowest BCUT2D eigenvalue weighted by atomic mass is 9.92. The molecule has 1 aliphatic rings. The summed E-state index contributed by atoms with van der Waals surface area (Å²) in [4.78, 5) is 17.9. The van der Waals surface area contributed by atoms with Crippen LogP contribution in [0.5, 0.6) is 0 Å². The Balaban J connectivity index is 1.64. The first-order valence-corrected chi connectivity index (χ1v) is 16.5. The number of ether oxygens (including phenoxy) is 3. The van der Waals surface area contributed by atoms with Crippen LogP contribution in [0.25, 0.3) is 0 Å². The van der Waals surface area contributed by atoms with E-state index in [1.165, 1.54) is 12.1 Å². The van der Waals surface area contributed by atoms with Gasteiger partial charge in [0, 0.05) is 25.2 Å². The summed E-state index contributed by atoms with van der Waals surface area (Å²) < 4.78 is 48.5. The van der Waals surface area contributed by atoms with Crippen LogP contribution < -0.4 is 0 Å². The molecule has 0 aromatic heterocycles. The molecule has 0 spiro atoms. The second-order valence-corrected chi connectivity index (χ2v) is 13.9. The van der Waals surface area contributed by atoms with Gasteiger partial charge in [0.15, 0.2) is 0 Å². The molecule has 0 aliphatic carbocycles. The van der Waals surface area contributed by atoms with Crippen LogP contribution in [-0.2, 0) is 40.3 Å². The van der Waals surface area contributed by atoms with E-state index in [4.69, 9.17) is 14.2 Å². The minimum Gasteiger partial charge on any atom is -0.444 e. The van der Waals surface area contributed by atoms with E-state index in [1.807, 2.05) is 101 Å². The number of benzene rings is 4. The molecule has 1 heterocycles. The SMILES string of the molecule is CC(C)(C)OC(=O)N1C([C@H](OCc2ccccc2)[C@H](Cc2cc(F)cc(F)c2)N(Cc2ccccc2)Cc2ccccc2)COC1(C)C. The summed E-state index contributed by atoms with van der Waals surface area (Å²) in [7, 11) is 0. The first-order valence-electron chi connectivity index (χ1n) is 16.5. The Kier molecular flexibility index (Phi) is 11.3. The van der Waals surface area contributed by atoms with Gasteiger partial charge >= 0.3 is 6.09 Å². The zero-order valence-electron chi connectivity index (χ0n) is 28.4. The molecule has 0 radical (unpaired) electrons. The van der Waals surface area contributed by atoms with Gasteiger partial charge in [0.25, 0.3) is 0 Å². The number of nitrogens with zero attached hydrogens (tertiary/aromatic N) is 2. The van der Waals surface area contributed by atoms with E-state index in [-0.39, 0.29) is 19.6 Å². The molecule has 4 aromatic rings. The zero-order valence-corrected chi connectivity index (χ0v) is 28.4. The van der Waals surface area contributed by atoms with Crippen molar-refractivity contribution in [1.29, 1.82) is 0 Å². The molecule has 4 aromatic carbocycles. The van der Waals surface area contributed by atoms with E-state index >= 15 is 0 Å². The smallest absolute Gasteiger partial charge is 0.412 e. The average Bonchev–Trinajstić information content (AvgIpc) is 3.35. The predicted molar refractivity (Wildman–Crippen MR) is 183 cm³/mol. The Morgan fingerprint density at radius 3 is 1.83 bits per heavy atom. The number of hydrogen-bond acceptors (Lipinski definition) is 5. The largest absolute Gasteiger partial charge is 0.444 e. The Bertz CT molecular complexity index is 1550. The fourth-order valence-corrected chi connectivity index (χ4v) is 6.34. The Morgan fingerprint density at radius 2 is 1.33 bits per heavy atom. The van der Waals surface area contributed by atoms with E-state index in [9.17, 15) is 13.6 Å². The van der Waals surface area contributed by atoms with Crippen LogP contribution in [-0.4, -0.2) is 52.0 Å². The van der Waals surface area contributed by atoms with Crippen molar-refractivity contribution in [2.24, 2.45) is 0 Å². The van der Waals surface area contributed by atoms with E-state index in [2.05, 4.69) is 29.2 Å². The van der Waals surface area contributed by atoms with Gasteiger partial charge in [-0.1, -0.05) is 91.0 Å². The molecule has 5 rings (SSSR count). The third kappa shape index (κ3) is 9.49. The highest BCUT2D eigenvalue weighted by atomic mass is 19.1. The summed E-state index contributed by atoms with van der Waals surface area (Å²) >= 11 is 0. The summed E-state index contributed by atoms with van der Waals surface area (Å²) in [6.07, 6.45) is -0.942. The van der Waals surface area contributed by atoms with Crippen LogP contribution in [0.3, 0.4) is 0 Å². The van der Waals surface area contributed by atoms with Crippen molar-refractivity contribution < 1.29 is 27.8 Å². The van der Waals surface area contributed by atoms with E-state index in [0.717, 1.165) is 22.8 Å². The lowest BCUT2D eigenvalue weighted by Crippen LogP contribution is -2.59. The molecule has 1 fully saturated rings. The summed E-state index contributed by atoms with van der Waals surface area (Å²) in [6.45, 7) is 10.6. The van der Waals surface area contributed by atoms with Crippen LogP contribution in [0.2, 0.25) is 0 Å². The Labute approximate surface area is 283 Å². The molecule has 0 saturated carbocycles. The first-order chi connectivity index (χ1) is 22.9. The summed E-state index contributed by atoms with van der Waals surface area (Å²) in [5, 5.41) is 0. The maximum atomic E-state index is 14.7. The van der Waals surface area contributed by atoms with Gasteiger partial charge in [-0.15, -0.1) is 0 Å². The lowest BCUT2D eigenvalue weighted by molar-refractivity contribution is -0.0897. The number of halogens is 2. The number of amides is 1. The molecular formula is C40H46F2N2O4. The molecule has 254 valence electrons. The van der Waals surface area contributed by atoms with Crippen molar-refractivity contribution in [2.45, 2.75) is 90.2 Å². The molecule has 1 amide bonds. The monoisotopic (exact) mass is 656 g/mol. The lowest BCUT2D eigenvalue weighted by Gasteiger charge is -2.43. The van der Waals surface area contributed by atoms with Crippen LogP contribution in [0.1, 0.15) is 56.9 Å². The zero-order chi connectivity index (χ0) is 34.3. The van der Waals surface area contributed by atoms with Crippen molar-refractivity contribution >= 4 is 6.09 Å². The van der Waals surface area contributed by atoms with Crippen molar-refractivity contribution in [1.82, 2.24) is 9.80 Å². The average molecular weight is 657 g/mol. The van der Waals surface area contributed by atoms with Gasteiger partial charge in [-0.2, -0.15) is 0 Å². The number of carbonyl (C=O) groups is 1. The van der Waals surface area contributed by atoms with Crippen molar-refractivity contribution in [3.63, 3.8) is 0 Å². The second kappa shape index (κ2) is 15.4. The predicted octanol–water partition coefficient (Wildman–Crippen LogP) is 8.54. The van der Waals surface area contributed by atoms with E-state index < -0.39 is 47.2 Å². The summed E-state index contributed by atoms with van der Waals surface area (Å²) in [6, 6.07) is 32.5.